The summed E-state index contributed by atoms with van der Waals surface area (Å²) in [6.45, 7) is 2.30. The second-order valence-corrected chi connectivity index (χ2v) is 8.76. The molecule has 0 unspecified atom stereocenters. The van der Waals surface area contributed by atoms with E-state index in [0.717, 1.165) is 18.4 Å². The molecule has 2 aromatic heterocycles. The number of aromatic nitrogens is 4. The molecule has 1 aliphatic rings. The van der Waals surface area contributed by atoms with Crippen LogP contribution in [-0.4, -0.2) is 26.8 Å². The molecule has 1 saturated carbocycles. The van der Waals surface area contributed by atoms with Gasteiger partial charge in [0, 0.05) is 29.0 Å². The number of nitrogen functional groups attached to an aromatic ring is 2. The van der Waals surface area contributed by atoms with E-state index in [2.05, 4.69) is 20.2 Å². The van der Waals surface area contributed by atoms with E-state index in [-0.39, 0.29) is 17.2 Å². The standard InChI is InChI=1S/C27H23FN6O3/c1-2-35-23-13-22-19(12-21(23)29)24(30)32-25(31-22)18-9-8-17(11-20(18)28)36-16-5-3-4-15(10-16)27-34-33-26(37-27)14-6-7-14/h3-5,8-14H,2,6-7,29H2,1H3,(H2,30,31,32). The molecule has 4 N–H and O–H groups in total. The molecule has 186 valence electrons. The van der Waals surface area contributed by atoms with Gasteiger partial charge in [-0.3, -0.25) is 0 Å². The summed E-state index contributed by atoms with van der Waals surface area (Å²) in [5, 5.41) is 8.82. The molecule has 9 nitrogen and oxygen atoms in total. The Balaban J connectivity index is 1.27. The van der Waals surface area contributed by atoms with Crippen LogP contribution in [0.1, 0.15) is 31.6 Å². The van der Waals surface area contributed by atoms with Crippen LogP contribution in [-0.2, 0) is 0 Å². The van der Waals surface area contributed by atoms with Crippen LogP contribution in [0.5, 0.6) is 17.2 Å². The predicted molar refractivity (Wildman–Crippen MR) is 137 cm³/mol. The Kier molecular flexibility index (Phi) is 5.56. The molecule has 2 heterocycles. The van der Waals surface area contributed by atoms with E-state index in [1.54, 1.807) is 36.4 Å². The summed E-state index contributed by atoms with van der Waals surface area (Å²) < 4.78 is 32.4. The van der Waals surface area contributed by atoms with Gasteiger partial charge in [-0.05, 0) is 56.2 Å². The number of fused-ring (bicyclic) bond motifs is 1. The van der Waals surface area contributed by atoms with Crippen molar-refractivity contribution in [2.45, 2.75) is 25.7 Å². The zero-order valence-electron chi connectivity index (χ0n) is 19.9. The summed E-state index contributed by atoms with van der Waals surface area (Å²) in [7, 11) is 0. The molecule has 0 atom stereocenters. The number of ether oxygens (including phenoxy) is 2. The summed E-state index contributed by atoms with van der Waals surface area (Å²) in [4.78, 5) is 8.79. The lowest BCUT2D eigenvalue weighted by Gasteiger charge is -2.12. The van der Waals surface area contributed by atoms with E-state index in [1.807, 2.05) is 19.1 Å². The first kappa shape index (κ1) is 22.7. The first-order valence-corrected chi connectivity index (χ1v) is 11.9. The fraction of sp³-hybridized carbons (Fsp3) is 0.185. The topological polar surface area (TPSA) is 135 Å². The largest absolute Gasteiger partial charge is 0.492 e. The first-order chi connectivity index (χ1) is 18.0. The van der Waals surface area contributed by atoms with Crippen LogP contribution in [0.4, 0.5) is 15.9 Å². The molecule has 0 radical (unpaired) electrons. The normalized spacial score (nSPS) is 13.1. The molecular formula is C27H23FN6O3. The quantitative estimate of drug-likeness (QED) is 0.270. The second-order valence-electron chi connectivity index (χ2n) is 8.76. The molecule has 1 aliphatic carbocycles. The minimum atomic E-state index is -0.557. The Labute approximate surface area is 211 Å². The maximum Gasteiger partial charge on any atom is 0.247 e. The smallest absolute Gasteiger partial charge is 0.247 e. The Hall–Kier alpha value is -4.73. The van der Waals surface area contributed by atoms with Crippen LogP contribution >= 0.6 is 0 Å². The van der Waals surface area contributed by atoms with Crippen LogP contribution in [0.2, 0.25) is 0 Å². The molecule has 0 bridgehead atoms. The summed E-state index contributed by atoms with van der Waals surface area (Å²) in [6.07, 6.45) is 2.15. The number of halogens is 1. The average Bonchev–Trinajstić information content (AvgIpc) is 3.61. The van der Waals surface area contributed by atoms with E-state index in [4.69, 9.17) is 25.4 Å². The first-order valence-electron chi connectivity index (χ1n) is 11.9. The Bertz CT molecular complexity index is 1630. The molecular weight excluding hydrogens is 475 g/mol. The number of hydrogen-bond acceptors (Lipinski definition) is 9. The molecule has 0 spiro atoms. The highest BCUT2D eigenvalue weighted by molar-refractivity contribution is 5.93. The minimum absolute atomic E-state index is 0.145. The molecule has 0 saturated heterocycles. The molecule has 5 aromatic rings. The van der Waals surface area contributed by atoms with E-state index < -0.39 is 5.82 Å². The number of rotatable bonds is 7. The molecule has 0 aliphatic heterocycles. The summed E-state index contributed by atoms with van der Waals surface area (Å²) in [5.41, 5.74) is 14.0. The van der Waals surface area contributed by atoms with Gasteiger partial charge in [0.05, 0.1) is 23.4 Å². The minimum Gasteiger partial charge on any atom is -0.492 e. The van der Waals surface area contributed by atoms with E-state index in [1.165, 1.54) is 6.07 Å². The SMILES string of the molecule is CCOc1cc2nc(-c3ccc(Oc4cccc(-c5nnc(C6CC6)o5)c4)cc3F)nc(N)c2cc1N. The summed E-state index contributed by atoms with van der Waals surface area (Å²) in [6, 6.07) is 15.0. The predicted octanol–water partition coefficient (Wildman–Crippen LogP) is 5.72. The fourth-order valence-electron chi connectivity index (χ4n) is 4.01. The van der Waals surface area contributed by atoms with E-state index in [9.17, 15) is 0 Å². The van der Waals surface area contributed by atoms with Gasteiger partial charge in [0.25, 0.3) is 0 Å². The lowest BCUT2D eigenvalue weighted by molar-refractivity contribution is 0.342. The van der Waals surface area contributed by atoms with Gasteiger partial charge in [-0.15, -0.1) is 10.2 Å². The third-order valence-electron chi connectivity index (χ3n) is 6.02. The van der Waals surface area contributed by atoms with Crippen molar-refractivity contribution in [3.8, 4) is 40.1 Å². The Morgan fingerprint density at radius 2 is 1.84 bits per heavy atom. The van der Waals surface area contributed by atoms with Crippen molar-refractivity contribution in [3.63, 3.8) is 0 Å². The van der Waals surface area contributed by atoms with Crippen LogP contribution in [0.25, 0.3) is 33.7 Å². The zero-order chi connectivity index (χ0) is 25.5. The maximum atomic E-state index is 15.2. The second kappa shape index (κ2) is 9.05. The highest BCUT2D eigenvalue weighted by atomic mass is 19.1. The van der Waals surface area contributed by atoms with Crippen molar-refractivity contribution >= 4 is 22.4 Å². The highest BCUT2D eigenvalue weighted by Crippen LogP contribution is 2.40. The van der Waals surface area contributed by atoms with Gasteiger partial charge < -0.3 is 25.4 Å². The molecule has 37 heavy (non-hydrogen) atoms. The Morgan fingerprint density at radius 3 is 2.62 bits per heavy atom. The van der Waals surface area contributed by atoms with Gasteiger partial charge >= 0.3 is 0 Å². The van der Waals surface area contributed by atoms with Gasteiger partial charge in [-0.1, -0.05) is 6.07 Å². The molecule has 10 heteroatoms. The average molecular weight is 499 g/mol. The van der Waals surface area contributed by atoms with Gasteiger partial charge in [-0.25, -0.2) is 14.4 Å². The Morgan fingerprint density at radius 1 is 1.00 bits per heavy atom. The van der Waals surface area contributed by atoms with Gasteiger partial charge in [0.2, 0.25) is 11.8 Å². The maximum absolute atomic E-state index is 15.2. The van der Waals surface area contributed by atoms with Crippen LogP contribution in [0.3, 0.4) is 0 Å². The van der Waals surface area contributed by atoms with Gasteiger partial charge in [0.15, 0.2) is 5.82 Å². The number of benzene rings is 3. The molecule has 3 aromatic carbocycles. The van der Waals surface area contributed by atoms with Crippen molar-refractivity contribution < 1.29 is 18.3 Å². The van der Waals surface area contributed by atoms with Crippen LogP contribution in [0.15, 0.2) is 59.0 Å². The fourth-order valence-corrected chi connectivity index (χ4v) is 4.01. The monoisotopic (exact) mass is 498 g/mol. The van der Waals surface area contributed by atoms with Crippen molar-refractivity contribution in [2.24, 2.45) is 0 Å². The number of nitrogens with two attached hydrogens (primary N) is 2. The molecule has 6 rings (SSSR count). The van der Waals surface area contributed by atoms with E-state index in [0.29, 0.717) is 58.1 Å². The van der Waals surface area contributed by atoms with Crippen LogP contribution in [0, 0.1) is 5.82 Å². The van der Waals surface area contributed by atoms with Crippen molar-refractivity contribution in [3.05, 3.63) is 66.3 Å². The summed E-state index contributed by atoms with van der Waals surface area (Å²) in [5.74, 6) is 2.53. The lowest BCUT2D eigenvalue weighted by Crippen LogP contribution is -2.02. The summed E-state index contributed by atoms with van der Waals surface area (Å²) >= 11 is 0. The van der Waals surface area contributed by atoms with Gasteiger partial charge in [-0.2, -0.15) is 0 Å². The van der Waals surface area contributed by atoms with Crippen molar-refractivity contribution in [2.75, 3.05) is 18.1 Å². The third kappa shape index (κ3) is 4.49. The zero-order valence-corrected chi connectivity index (χ0v) is 19.9. The lowest BCUT2D eigenvalue weighted by atomic mass is 10.1. The van der Waals surface area contributed by atoms with Crippen molar-refractivity contribution in [1.82, 2.24) is 20.2 Å². The third-order valence-corrected chi connectivity index (χ3v) is 6.02. The number of hydrogen-bond donors (Lipinski definition) is 2. The van der Waals surface area contributed by atoms with Gasteiger partial charge in [0.1, 0.15) is 28.9 Å². The number of anilines is 2. The van der Waals surface area contributed by atoms with Crippen LogP contribution < -0.4 is 20.9 Å². The van der Waals surface area contributed by atoms with E-state index >= 15 is 4.39 Å². The molecule has 1 fully saturated rings. The van der Waals surface area contributed by atoms with Crippen molar-refractivity contribution in [1.29, 1.82) is 0 Å². The molecule has 0 amide bonds. The highest BCUT2D eigenvalue weighted by Gasteiger charge is 2.29. The number of nitrogens with zero attached hydrogens (tertiary/aromatic N) is 4.